The van der Waals surface area contributed by atoms with Crippen LogP contribution in [-0.4, -0.2) is 23.1 Å². The van der Waals surface area contributed by atoms with Crippen LogP contribution in [0.5, 0.6) is 5.88 Å². The summed E-state index contributed by atoms with van der Waals surface area (Å²) in [5.74, 6) is 0.876. The SMILES string of the molecule is COc1cc(CC(=O)N2Cc3ccc(Cl)cc3C2)on1. The molecule has 2 heterocycles. The third-order valence-corrected chi connectivity index (χ3v) is 3.55. The average Bonchev–Trinajstić information content (AvgIpc) is 3.04. The van der Waals surface area contributed by atoms with Gasteiger partial charge in [-0.3, -0.25) is 4.79 Å². The number of amides is 1. The van der Waals surface area contributed by atoms with Gasteiger partial charge in [0, 0.05) is 24.2 Å². The summed E-state index contributed by atoms with van der Waals surface area (Å²) in [7, 11) is 1.50. The number of aromatic nitrogens is 1. The monoisotopic (exact) mass is 292 g/mol. The molecular formula is C14H13ClN2O3. The second kappa shape index (κ2) is 5.17. The van der Waals surface area contributed by atoms with Gasteiger partial charge in [0.05, 0.1) is 13.5 Å². The lowest BCUT2D eigenvalue weighted by atomic mass is 10.1. The van der Waals surface area contributed by atoms with Crippen LogP contribution >= 0.6 is 11.6 Å². The molecule has 3 rings (SSSR count). The van der Waals surface area contributed by atoms with E-state index in [-0.39, 0.29) is 12.3 Å². The lowest BCUT2D eigenvalue weighted by Crippen LogP contribution is -2.26. The van der Waals surface area contributed by atoms with Crippen LogP contribution in [0.1, 0.15) is 16.9 Å². The van der Waals surface area contributed by atoms with E-state index in [1.807, 2.05) is 18.2 Å². The molecule has 0 radical (unpaired) electrons. The molecule has 0 N–H and O–H groups in total. The lowest BCUT2D eigenvalue weighted by Gasteiger charge is -2.13. The molecule has 1 aliphatic rings. The number of hydrogen-bond donors (Lipinski definition) is 0. The highest BCUT2D eigenvalue weighted by atomic mass is 35.5. The summed E-state index contributed by atoms with van der Waals surface area (Å²) in [4.78, 5) is 14.0. The molecule has 0 spiro atoms. The molecule has 0 fully saturated rings. The van der Waals surface area contributed by atoms with Crippen LogP contribution in [0.4, 0.5) is 0 Å². The van der Waals surface area contributed by atoms with Crippen LogP contribution in [0.2, 0.25) is 5.02 Å². The van der Waals surface area contributed by atoms with E-state index < -0.39 is 0 Å². The Labute approximate surface area is 121 Å². The highest BCUT2D eigenvalue weighted by molar-refractivity contribution is 6.30. The minimum Gasteiger partial charge on any atom is -0.479 e. The van der Waals surface area contributed by atoms with Gasteiger partial charge in [-0.25, -0.2) is 0 Å². The predicted octanol–water partition coefficient (Wildman–Crippen LogP) is 2.42. The maximum atomic E-state index is 12.2. The molecule has 1 aromatic carbocycles. The number of fused-ring (bicyclic) bond motifs is 1. The Balaban J connectivity index is 1.68. The van der Waals surface area contributed by atoms with Crippen LogP contribution in [0.15, 0.2) is 28.8 Å². The van der Waals surface area contributed by atoms with Gasteiger partial charge >= 0.3 is 0 Å². The second-order valence-electron chi connectivity index (χ2n) is 4.68. The summed E-state index contributed by atoms with van der Waals surface area (Å²) in [6, 6.07) is 7.33. The molecule has 0 bridgehead atoms. The Morgan fingerprint density at radius 2 is 2.20 bits per heavy atom. The fourth-order valence-electron chi connectivity index (χ4n) is 2.27. The Hall–Kier alpha value is -2.01. The Kier molecular flexibility index (Phi) is 3.36. The summed E-state index contributed by atoms with van der Waals surface area (Å²) in [5.41, 5.74) is 2.24. The van der Waals surface area contributed by atoms with Crippen molar-refractivity contribution in [3.63, 3.8) is 0 Å². The van der Waals surface area contributed by atoms with Gasteiger partial charge in [-0.1, -0.05) is 17.7 Å². The maximum absolute atomic E-state index is 12.2. The molecule has 0 saturated carbocycles. The van der Waals surface area contributed by atoms with Crippen molar-refractivity contribution in [2.45, 2.75) is 19.5 Å². The fourth-order valence-corrected chi connectivity index (χ4v) is 2.47. The van der Waals surface area contributed by atoms with Gasteiger partial charge < -0.3 is 14.2 Å². The zero-order chi connectivity index (χ0) is 14.1. The third kappa shape index (κ3) is 2.49. The van der Waals surface area contributed by atoms with Crippen molar-refractivity contribution < 1.29 is 14.1 Å². The molecule has 1 aliphatic heterocycles. The van der Waals surface area contributed by atoms with E-state index in [2.05, 4.69) is 5.16 Å². The summed E-state index contributed by atoms with van der Waals surface area (Å²) in [6.45, 7) is 1.19. The molecule has 0 atom stereocenters. The second-order valence-corrected chi connectivity index (χ2v) is 5.11. The summed E-state index contributed by atoms with van der Waals surface area (Å²) in [6.07, 6.45) is 0.179. The molecule has 1 aromatic heterocycles. The van der Waals surface area contributed by atoms with Crippen molar-refractivity contribution in [2.75, 3.05) is 7.11 Å². The third-order valence-electron chi connectivity index (χ3n) is 3.32. The molecule has 0 aliphatic carbocycles. The molecule has 2 aromatic rings. The van der Waals surface area contributed by atoms with E-state index in [0.29, 0.717) is 29.8 Å². The zero-order valence-electron chi connectivity index (χ0n) is 10.9. The highest BCUT2D eigenvalue weighted by Gasteiger charge is 2.24. The van der Waals surface area contributed by atoms with Crippen LogP contribution in [-0.2, 0) is 24.3 Å². The van der Waals surface area contributed by atoms with Crippen LogP contribution in [0, 0.1) is 0 Å². The average molecular weight is 293 g/mol. The summed E-state index contributed by atoms with van der Waals surface area (Å²) >= 11 is 5.96. The maximum Gasteiger partial charge on any atom is 0.254 e. The number of ether oxygens (including phenoxy) is 1. The Morgan fingerprint density at radius 1 is 1.40 bits per heavy atom. The zero-order valence-corrected chi connectivity index (χ0v) is 11.7. The Bertz CT molecular complexity index is 654. The van der Waals surface area contributed by atoms with Crippen LogP contribution < -0.4 is 4.74 Å². The topological polar surface area (TPSA) is 55.6 Å². The minimum absolute atomic E-state index is 0.00359. The van der Waals surface area contributed by atoms with Gasteiger partial charge in [0.2, 0.25) is 5.91 Å². The van der Waals surface area contributed by atoms with Crippen LogP contribution in [0.25, 0.3) is 0 Å². The molecule has 20 heavy (non-hydrogen) atoms. The molecule has 104 valence electrons. The van der Waals surface area contributed by atoms with Gasteiger partial charge in [-0.2, -0.15) is 0 Å². The first-order valence-corrected chi connectivity index (χ1v) is 6.58. The van der Waals surface area contributed by atoms with Gasteiger partial charge in [-0.15, -0.1) is 0 Å². The first-order valence-electron chi connectivity index (χ1n) is 6.20. The van der Waals surface area contributed by atoms with Gasteiger partial charge in [0.15, 0.2) is 0 Å². The number of hydrogen-bond acceptors (Lipinski definition) is 4. The molecule has 0 saturated heterocycles. The Morgan fingerprint density at radius 3 is 2.95 bits per heavy atom. The lowest BCUT2D eigenvalue weighted by molar-refractivity contribution is -0.131. The molecule has 5 nitrogen and oxygen atoms in total. The number of carbonyl (C=O) groups excluding carboxylic acids is 1. The van der Waals surface area contributed by atoms with E-state index >= 15 is 0 Å². The number of nitrogens with zero attached hydrogens (tertiary/aromatic N) is 2. The van der Waals surface area contributed by atoms with Crippen molar-refractivity contribution >= 4 is 17.5 Å². The van der Waals surface area contributed by atoms with Crippen molar-refractivity contribution in [2.24, 2.45) is 0 Å². The predicted molar refractivity (Wildman–Crippen MR) is 72.5 cm³/mol. The number of halogens is 1. The quantitative estimate of drug-likeness (QED) is 0.872. The molecule has 0 unspecified atom stereocenters. The van der Waals surface area contributed by atoms with E-state index in [1.54, 1.807) is 11.0 Å². The van der Waals surface area contributed by atoms with Gasteiger partial charge in [0.1, 0.15) is 5.76 Å². The van der Waals surface area contributed by atoms with Crippen molar-refractivity contribution in [3.8, 4) is 5.88 Å². The molecule has 1 amide bonds. The van der Waals surface area contributed by atoms with E-state index in [4.69, 9.17) is 20.9 Å². The largest absolute Gasteiger partial charge is 0.479 e. The first-order chi connectivity index (χ1) is 9.65. The van der Waals surface area contributed by atoms with E-state index in [9.17, 15) is 4.79 Å². The fraction of sp³-hybridized carbons (Fsp3) is 0.286. The normalized spacial score (nSPS) is 13.4. The van der Waals surface area contributed by atoms with E-state index in [0.717, 1.165) is 11.1 Å². The van der Waals surface area contributed by atoms with Gasteiger partial charge in [-0.05, 0) is 28.4 Å². The molecular weight excluding hydrogens is 280 g/mol. The smallest absolute Gasteiger partial charge is 0.254 e. The first kappa shape index (κ1) is 13.0. The molecule has 6 heteroatoms. The van der Waals surface area contributed by atoms with E-state index in [1.165, 1.54) is 7.11 Å². The van der Waals surface area contributed by atoms with Crippen LogP contribution in [0.3, 0.4) is 0 Å². The summed E-state index contributed by atoms with van der Waals surface area (Å²) in [5, 5.41) is 4.37. The van der Waals surface area contributed by atoms with Gasteiger partial charge in [0.25, 0.3) is 5.88 Å². The number of benzene rings is 1. The van der Waals surface area contributed by atoms with Crippen molar-refractivity contribution in [1.82, 2.24) is 10.1 Å². The highest BCUT2D eigenvalue weighted by Crippen LogP contribution is 2.26. The number of carbonyl (C=O) groups is 1. The van der Waals surface area contributed by atoms with Crippen molar-refractivity contribution in [3.05, 3.63) is 46.2 Å². The van der Waals surface area contributed by atoms with Crippen molar-refractivity contribution in [1.29, 1.82) is 0 Å². The number of methoxy groups -OCH3 is 1. The number of rotatable bonds is 3. The summed E-state index contributed by atoms with van der Waals surface area (Å²) < 4.78 is 9.96. The minimum atomic E-state index is -0.00359. The standard InChI is InChI=1S/C14H13ClN2O3/c1-19-13-5-12(20-16-13)6-14(18)17-7-9-2-3-11(15)4-10(9)8-17/h2-5H,6-8H2,1H3.